The van der Waals surface area contributed by atoms with Gasteiger partial charge in [-0.1, -0.05) is 50.7 Å². The average Bonchev–Trinajstić information content (AvgIpc) is 2.40. The molecule has 0 saturated heterocycles. The standard InChI is InChI=1S/C12H12ClNO2S.C2H6/c1-2-3-9(15)7-12(17)10-5-4-8(14-16)6-11(10)13;1-2/h4-6H,2-3,7H2,1H3;1-2H3. The first-order chi connectivity index (χ1) is 9.08. The van der Waals surface area contributed by atoms with E-state index in [0.717, 1.165) is 6.42 Å². The molecule has 0 fully saturated rings. The summed E-state index contributed by atoms with van der Waals surface area (Å²) in [6.07, 6.45) is 1.55. The molecule has 0 aromatic heterocycles. The van der Waals surface area contributed by atoms with Gasteiger partial charge in [-0.3, -0.25) is 4.79 Å². The van der Waals surface area contributed by atoms with Gasteiger partial charge in [-0.2, -0.15) is 0 Å². The fraction of sp³-hybridized carbons (Fsp3) is 0.429. The first kappa shape index (κ1) is 17.9. The monoisotopic (exact) mass is 299 g/mol. The molecule has 0 amide bonds. The summed E-state index contributed by atoms with van der Waals surface area (Å²) in [5, 5.41) is 3.14. The van der Waals surface area contributed by atoms with E-state index in [2.05, 4.69) is 5.18 Å². The molecule has 3 nitrogen and oxygen atoms in total. The van der Waals surface area contributed by atoms with E-state index < -0.39 is 0 Å². The van der Waals surface area contributed by atoms with Crippen molar-refractivity contribution >= 4 is 40.2 Å². The van der Waals surface area contributed by atoms with Crippen LogP contribution in [-0.4, -0.2) is 10.6 Å². The number of benzene rings is 1. The van der Waals surface area contributed by atoms with Gasteiger partial charge in [0.15, 0.2) is 0 Å². The zero-order valence-electron chi connectivity index (χ0n) is 11.4. The van der Waals surface area contributed by atoms with E-state index in [1.165, 1.54) is 12.1 Å². The first-order valence-corrected chi connectivity index (χ1v) is 7.05. The van der Waals surface area contributed by atoms with Crippen molar-refractivity contribution in [1.29, 1.82) is 0 Å². The largest absolute Gasteiger partial charge is 0.299 e. The lowest BCUT2D eigenvalue weighted by Gasteiger charge is -2.05. The van der Waals surface area contributed by atoms with Gasteiger partial charge in [-0.15, -0.1) is 4.91 Å². The zero-order valence-corrected chi connectivity index (χ0v) is 13.0. The molecule has 0 N–H and O–H groups in total. The van der Waals surface area contributed by atoms with Crippen molar-refractivity contribution in [3.05, 3.63) is 33.7 Å². The molecule has 0 unspecified atom stereocenters. The van der Waals surface area contributed by atoms with Gasteiger partial charge in [-0.05, 0) is 23.7 Å². The molecule has 1 aromatic rings. The SMILES string of the molecule is CC.CCCC(=O)CC(=S)c1ccc(N=O)cc1Cl. The minimum absolute atomic E-state index is 0.103. The molecular formula is C14H18ClNO2S. The number of nitrogens with zero attached hydrogens (tertiary/aromatic N) is 1. The van der Waals surface area contributed by atoms with Crippen molar-refractivity contribution in [2.45, 2.75) is 40.0 Å². The van der Waals surface area contributed by atoms with E-state index in [-0.39, 0.29) is 17.9 Å². The van der Waals surface area contributed by atoms with Crippen LogP contribution in [0.2, 0.25) is 5.02 Å². The predicted octanol–water partition coefficient (Wildman–Crippen LogP) is 5.24. The molecule has 0 aliphatic carbocycles. The van der Waals surface area contributed by atoms with Crippen LogP contribution in [-0.2, 0) is 4.79 Å². The zero-order chi connectivity index (χ0) is 14.8. The van der Waals surface area contributed by atoms with Crippen molar-refractivity contribution in [3.8, 4) is 0 Å². The number of ketones is 1. The topological polar surface area (TPSA) is 46.5 Å². The van der Waals surface area contributed by atoms with Gasteiger partial charge in [0.1, 0.15) is 11.5 Å². The Kier molecular flexibility index (Phi) is 9.17. The number of hydrogen-bond acceptors (Lipinski definition) is 4. The average molecular weight is 300 g/mol. The lowest BCUT2D eigenvalue weighted by atomic mass is 10.0. The van der Waals surface area contributed by atoms with Crippen LogP contribution in [0.3, 0.4) is 0 Å². The highest BCUT2D eigenvalue weighted by atomic mass is 35.5. The van der Waals surface area contributed by atoms with Crippen LogP contribution in [0.15, 0.2) is 23.4 Å². The van der Waals surface area contributed by atoms with E-state index in [4.69, 9.17) is 23.8 Å². The smallest absolute Gasteiger partial charge is 0.138 e. The van der Waals surface area contributed by atoms with Gasteiger partial charge in [0.05, 0.1) is 5.02 Å². The quantitative estimate of drug-likeness (QED) is 0.410. The predicted molar refractivity (Wildman–Crippen MR) is 84.5 cm³/mol. The Morgan fingerprint density at radius 3 is 2.47 bits per heavy atom. The van der Waals surface area contributed by atoms with Crippen LogP contribution in [0.4, 0.5) is 5.69 Å². The van der Waals surface area contributed by atoms with Crippen LogP contribution in [0.5, 0.6) is 0 Å². The summed E-state index contributed by atoms with van der Waals surface area (Å²) < 4.78 is 0. The van der Waals surface area contributed by atoms with Gasteiger partial charge >= 0.3 is 0 Å². The molecule has 0 atom stereocenters. The molecule has 0 heterocycles. The third-order valence-electron chi connectivity index (χ3n) is 2.25. The van der Waals surface area contributed by atoms with Crippen molar-refractivity contribution in [3.63, 3.8) is 0 Å². The Morgan fingerprint density at radius 2 is 2.00 bits per heavy atom. The normalized spacial score (nSPS) is 9.26. The Hall–Kier alpha value is -1.13. The molecule has 0 spiro atoms. The summed E-state index contributed by atoms with van der Waals surface area (Å²) in [5.41, 5.74) is 0.875. The summed E-state index contributed by atoms with van der Waals surface area (Å²) in [7, 11) is 0. The van der Waals surface area contributed by atoms with Gasteiger partial charge in [0, 0.05) is 23.3 Å². The fourth-order valence-corrected chi connectivity index (χ4v) is 2.11. The highest BCUT2D eigenvalue weighted by molar-refractivity contribution is 7.81. The Balaban J connectivity index is 0.00000154. The minimum atomic E-state index is 0.103. The van der Waals surface area contributed by atoms with Crippen molar-refractivity contribution in [2.24, 2.45) is 5.18 Å². The third kappa shape index (κ3) is 6.03. The highest BCUT2D eigenvalue weighted by Gasteiger charge is 2.11. The maximum absolute atomic E-state index is 11.5. The summed E-state index contributed by atoms with van der Waals surface area (Å²) >= 11 is 11.1. The second-order valence-corrected chi connectivity index (χ2v) is 4.54. The van der Waals surface area contributed by atoms with E-state index >= 15 is 0 Å². The summed E-state index contributed by atoms with van der Waals surface area (Å²) in [4.78, 5) is 22.3. The molecule has 1 rings (SSSR count). The van der Waals surface area contributed by atoms with E-state index in [0.29, 0.717) is 21.9 Å². The number of rotatable bonds is 6. The second-order valence-electron chi connectivity index (χ2n) is 3.64. The Bertz CT molecular complexity index is 461. The fourth-order valence-electron chi connectivity index (χ4n) is 1.43. The van der Waals surface area contributed by atoms with Crippen molar-refractivity contribution in [1.82, 2.24) is 0 Å². The molecule has 0 saturated carbocycles. The number of nitroso groups, excluding NO2 is 1. The van der Waals surface area contributed by atoms with Crippen LogP contribution in [0.1, 0.15) is 45.6 Å². The number of hydrogen-bond donors (Lipinski definition) is 0. The lowest BCUT2D eigenvalue weighted by Crippen LogP contribution is -2.07. The van der Waals surface area contributed by atoms with Gasteiger partial charge in [-0.25, -0.2) is 0 Å². The lowest BCUT2D eigenvalue weighted by molar-refractivity contribution is -0.117. The molecule has 1 aromatic carbocycles. The number of carbonyl (C=O) groups is 1. The molecule has 104 valence electrons. The third-order valence-corrected chi connectivity index (χ3v) is 2.92. The Labute approximate surface area is 124 Å². The van der Waals surface area contributed by atoms with E-state index in [1.807, 2.05) is 20.8 Å². The van der Waals surface area contributed by atoms with E-state index in [9.17, 15) is 9.70 Å². The van der Waals surface area contributed by atoms with Crippen molar-refractivity contribution in [2.75, 3.05) is 0 Å². The number of halogens is 1. The molecule has 0 aliphatic heterocycles. The van der Waals surface area contributed by atoms with Gasteiger partial charge < -0.3 is 0 Å². The first-order valence-electron chi connectivity index (χ1n) is 6.26. The van der Waals surface area contributed by atoms with E-state index in [1.54, 1.807) is 6.07 Å². The maximum Gasteiger partial charge on any atom is 0.138 e. The molecular weight excluding hydrogens is 282 g/mol. The Morgan fingerprint density at radius 1 is 1.37 bits per heavy atom. The molecule has 19 heavy (non-hydrogen) atoms. The molecule has 5 heteroatoms. The molecule has 0 aliphatic rings. The molecule has 0 radical (unpaired) electrons. The maximum atomic E-state index is 11.5. The summed E-state index contributed by atoms with van der Waals surface area (Å²) in [6, 6.07) is 4.60. The molecule has 0 bridgehead atoms. The highest BCUT2D eigenvalue weighted by Crippen LogP contribution is 2.24. The minimum Gasteiger partial charge on any atom is -0.299 e. The summed E-state index contributed by atoms with van der Waals surface area (Å²) in [5.74, 6) is 0.103. The van der Waals surface area contributed by atoms with Crippen molar-refractivity contribution < 1.29 is 4.79 Å². The van der Waals surface area contributed by atoms with Crippen LogP contribution in [0, 0.1) is 4.91 Å². The summed E-state index contributed by atoms with van der Waals surface area (Å²) in [6.45, 7) is 5.94. The van der Waals surface area contributed by atoms with Crippen LogP contribution >= 0.6 is 23.8 Å². The van der Waals surface area contributed by atoms with Crippen LogP contribution in [0.25, 0.3) is 0 Å². The number of carbonyl (C=O) groups excluding carboxylic acids is 1. The van der Waals surface area contributed by atoms with Gasteiger partial charge in [0.2, 0.25) is 0 Å². The van der Waals surface area contributed by atoms with Crippen LogP contribution < -0.4 is 0 Å². The number of Topliss-reactive ketones (excluding diaryl/α,β-unsaturated/α-hetero) is 1. The second kappa shape index (κ2) is 9.75. The number of thiocarbonyl (C=S) groups is 1. The van der Waals surface area contributed by atoms with Gasteiger partial charge in [0.25, 0.3) is 0 Å².